The van der Waals surface area contributed by atoms with Gasteiger partial charge in [0.05, 0.1) is 6.42 Å². The van der Waals surface area contributed by atoms with E-state index in [-0.39, 0.29) is 0 Å². The lowest BCUT2D eigenvalue weighted by Gasteiger charge is -1.97. The molecule has 0 atom stereocenters. The molecule has 0 amide bonds. The summed E-state index contributed by atoms with van der Waals surface area (Å²) in [6.07, 6.45) is 1.28. The number of nitrogen functional groups attached to an aromatic ring is 1. The molecular formula is C16H14BrN3O. The summed E-state index contributed by atoms with van der Waals surface area (Å²) in [6.45, 7) is 0. The number of aromatic nitrogens is 2. The van der Waals surface area contributed by atoms with Crippen LogP contribution in [0.2, 0.25) is 0 Å². The molecule has 1 heterocycles. The Hall–Kier alpha value is -2.14. The highest BCUT2D eigenvalue weighted by Crippen LogP contribution is 2.14. The normalized spacial score (nSPS) is 10.7. The standard InChI is InChI=1S/C16H14BrN3O/c17-13-5-1-11(2-6-13)9-15-19-16(21-20-15)10-12-3-7-14(18)8-4-12/h1-8H,9-10,18H2. The number of hydrogen-bond donors (Lipinski definition) is 1. The van der Waals surface area contributed by atoms with Crippen LogP contribution in [0.4, 0.5) is 5.69 Å². The first kappa shape index (κ1) is 13.8. The van der Waals surface area contributed by atoms with Crippen LogP contribution in [-0.2, 0) is 12.8 Å². The highest BCUT2D eigenvalue weighted by molar-refractivity contribution is 9.10. The summed E-state index contributed by atoms with van der Waals surface area (Å²) in [5.74, 6) is 1.31. The SMILES string of the molecule is Nc1ccc(Cc2nc(Cc3ccc(Br)cc3)no2)cc1. The topological polar surface area (TPSA) is 64.9 Å². The van der Waals surface area contributed by atoms with Crippen LogP contribution in [0, 0.1) is 0 Å². The molecule has 0 aliphatic carbocycles. The van der Waals surface area contributed by atoms with Gasteiger partial charge in [0.1, 0.15) is 0 Å². The van der Waals surface area contributed by atoms with Crippen LogP contribution in [0.15, 0.2) is 57.5 Å². The first-order valence-corrected chi connectivity index (χ1v) is 7.39. The van der Waals surface area contributed by atoms with E-state index in [0.29, 0.717) is 24.6 Å². The molecule has 5 heteroatoms. The van der Waals surface area contributed by atoms with Crippen LogP contribution < -0.4 is 5.73 Å². The average Bonchev–Trinajstić information content (AvgIpc) is 2.91. The van der Waals surface area contributed by atoms with Crippen LogP contribution in [0.1, 0.15) is 22.8 Å². The maximum absolute atomic E-state index is 5.67. The van der Waals surface area contributed by atoms with Crippen LogP contribution in [0.25, 0.3) is 0 Å². The lowest BCUT2D eigenvalue weighted by molar-refractivity contribution is 0.380. The molecule has 3 aromatic rings. The summed E-state index contributed by atoms with van der Waals surface area (Å²) >= 11 is 3.42. The number of benzene rings is 2. The second-order valence-electron chi connectivity index (χ2n) is 4.83. The number of nitrogens with two attached hydrogens (primary N) is 1. The lowest BCUT2D eigenvalue weighted by atomic mass is 10.1. The van der Waals surface area contributed by atoms with Gasteiger partial charge >= 0.3 is 0 Å². The summed E-state index contributed by atoms with van der Waals surface area (Å²) in [5.41, 5.74) is 8.67. The molecule has 0 spiro atoms. The fraction of sp³-hybridized carbons (Fsp3) is 0.125. The highest BCUT2D eigenvalue weighted by atomic mass is 79.9. The minimum absolute atomic E-state index is 0.617. The van der Waals surface area contributed by atoms with Gasteiger partial charge in [0.15, 0.2) is 5.82 Å². The van der Waals surface area contributed by atoms with E-state index in [1.54, 1.807) is 0 Å². The molecule has 0 aliphatic heterocycles. The van der Waals surface area contributed by atoms with Crippen molar-refractivity contribution in [1.82, 2.24) is 10.1 Å². The van der Waals surface area contributed by atoms with Gasteiger partial charge in [-0.15, -0.1) is 0 Å². The van der Waals surface area contributed by atoms with Gasteiger partial charge in [0.25, 0.3) is 0 Å². The van der Waals surface area contributed by atoms with Gasteiger partial charge in [-0.1, -0.05) is 45.4 Å². The molecule has 1 aromatic heterocycles. The highest BCUT2D eigenvalue weighted by Gasteiger charge is 2.08. The summed E-state index contributed by atoms with van der Waals surface area (Å²) < 4.78 is 6.35. The summed E-state index contributed by atoms with van der Waals surface area (Å²) in [5, 5.41) is 4.03. The van der Waals surface area contributed by atoms with Crippen molar-refractivity contribution in [2.45, 2.75) is 12.8 Å². The molecule has 0 saturated carbocycles. The van der Waals surface area contributed by atoms with Crippen molar-refractivity contribution < 1.29 is 4.52 Å². The Morgan fingerprint density at radius 2 is 1.52 bits per heavy atom. The van der Waals surface area contributed by atoms with Crippen molar-refractivity contribution in [3.63, 3.8) is 0 Å². The minimum atomic E-state index is 0.617. The van der Waals surface area contributed by atoms with Crippen LogP contribution in [-0.4, -0.2) is 10.1 Å². The maximum atomic E-state index is 5.67. The van der Waals surface area contributed by atoms with Gasteiger partial charge in [0.2, 0.25) is 5.89 Å². The number of nitrogens with zero attached hydrogens (tertiary/aromatic N) is 2. The Bertz CT molecular complexity index is 658. The molecule has 0 fully saturated rings. The molecule has 3 rings (SSSR count). The van der Waals surface area contributed by atoms with E-state index in [1.807, 2.05) is 48.5 Å². The Kier molecular flexibility index (Phi) is 4.01. The summed E-state index contributed by atoms with van der Waals surface area (Å²) in [6, 6.07) is 15.8. The molecule has 2 aromatic carbocycles. The average molecular weight is 344 g/mol. The fourth-order valence-corrected chi connectivity index (χ4v) is 2.29. The number of hydrogen-bond acceptors (Lipinski definition) is 4. The molecule has 0 bridgehead atoms. The summed E-state index contributed by atoms with van der Waals surface area (Å²) in [7, 11) is 0. The quantitative estimate of drug-likeness (QED) is 0.735. The number of halogens is 1. The smallest absolute Gasteiger partial charge is 0.231 e. The van der Waals surface area contributed by atoms with Gasteiger partial charge in [-0.3, -0.25) is 0 Å². The second-order valence-corrected chi connectivity index (χ2v) is 5.74. The van der Waals surface area contributed by atoms with Crippen LogP contribution >= 0.6 is 15.9 Å². The van der Waals surface area contributed by atoms with E-state index in [4.69, 9.17) is 10.3 Å². The van der Waals surface area contributed by atoms with E-state index in [9.17, 15) is 0 Å². The Labute approximate surface area is 131 Å². The third-order valence-electron chi connectivity index (χ3n) is 3.12. The van der Waals surface area contributed by atoms with Gasteiger partial charge in [-0.05, 0) is 35.4 Å². The molecule has 0 unspecified atom stereocenters. The Morgan fingerprint density at radius 1 is 0.905 bits per heavy atom. The maximum Gasteiger partial charge on any atom is 0.231 e. The van der Waals surface area contributed by atoms with Crippen LogP contribution in [0.5, 0.6) is 0 Å². The van der Waals surface area contributed by atoms with Gasteiger partial charge in [0, 0.05) is 16.6 Å². The Balaban J connectivity index is 1.68. The monoisotopic (exact) mass is 343 g/mol. The van der Waals surface area contributed by atoms with E-state index in [1.165, 1.54) is 0 Å². The predicted molar refractivity (Wildman–Crippen MR) is 84.9 cm³/mol. The van der Waals surface area contributed by atoms with E-state index in [0.717, 1.165) is 21.3 Å². The number of rotatable bonds is 4. The third-order valence-corrected chi connectivity index (χ3v) is 3.65. The molecule has 0 radical (unpaired) electrons. The van der Waals surface area contributed by atoms with Gasteiger partial charge in [-0.2, -0.15) is 4.98 Å². The predicted octanol–water partition coefficient (Wildman–Crippen LogP) is 3.60. The zero-order valence-electron chi connectivity index (χ0n) is 11.3. The largest absolute Gasteiger partial charge is 0.399 e. The first-order valence-electron chi connectivity index (χ1n) is 6.59. The van der Waals surface area contributed by atoms with E-state index >= 15 is 0 Å². The Morgan fingerprint density at radius 3 is 2.24 bits per heavy atom. The van der Waals surface area contributed by atoms with Crippen molar-refractivity contribution in [3.8, 4) is 0 Å². The van der Waals surface area contributed by atoms with Gasteiger partial charge in [-0.25, -0.2) is 0 Å². The zero-order chi connectivity index (χ0) is 14.7. The number of anilines is 1. The van der Waals surface area contributed by atoms with Gasteiger partial charge < -0.3 is 10.3 Å². The first-order chi connectivity index (χ1) is 10.2. The molecule has 2 N–H and O–H groups in total. The molecule has 4 nitrogen and oxygen atoms in total. The van der Waals surface area contributed by atoms with E-state index < -0.39 is 0 Å². The van der Waals surface area contributed by atoms with E-state index in [2.05, 4.69) is 26.1 Å². The molecular weight excluding hydrogens is 330 g/mol. The third kappa shape index (κ3) is 3.70. The zero-order valence-corrected chi connectivity index (χ0v) is 12.9. The molecule has 106 valence electrons. The minimum Gasteiger partial charge on any atom is -0.399 e. The molecule has 0 aliphatic rings. The van der Waals surface area contributed by atoms with Crippen molar-refractivity contribution in [1.29, 1.82) is 0 Å². The van der Waals surface area contributed by atoms with Crippen molar-refractivity contribution >= 4 is 21.6 Å². The second kappa shape index (κ2) is 6.10. The molecule has 0 saturated heterocycles. The summed E-state index contributed by atoms with van der Waals surface area (Å²) in [4.78, 5) is 4.42. The van der Waals surface area contributed by atoms with Crippen LogP contribution in [0.3, 0.4) is 0 Å². The van der Waals surface area contributed by atoms with Crippen molar-refractivity contribution in [2.24, 2.45) is 0 Å². The van der Waals surface area contributed by atoms with Crippen molar-refractivity contribution in [3.05, 3.63) is 75.8 Å². The van der Waals surface area contributed by atoms with Crippen molar-refractivity contribution in [2.75, 3.05) is 5.73 Å². The molecule has 21 heavy (non-hydrogen) atoms. The fourth-order valence-electron chi connectivity index (χ4n) is 2.03. The lowest BCUT2D eigenvalue weighted by Crippen LogP contribution is -1.93.